The predicted octanol–water partition coefficient (Wildman–Crippen LogP) is 3.42. The van der Waals surface area contributed by atoms with Crippen LogP contribution in [0.15, 0.2) is 36.5 Å². The third-order valence-corrected chi connectivity index (χ3v) is 5.74. The monoisotopic (exact) mass is 380 g/mol. The first kappa shape index (κ1) is 17.9. The summed E-state index contributed by atoms with van der Waals surface area (Å²) in [6, 6.07) is 10.5. The zero-order chi connectivity index (χ0) is 18.6. The molecule has 0 atom stereocenters. The number of rotatable bonds is 5. The lowest BCUT2D eigenvalue weighted by Gasteiger charge is -2.29. The fraction of sp³-hybridized carbons (Fsp3) is 0.350. The van der Waals surface area contributed by atoms with Crippen LogP contribution in [-0.2, 0) is 0 Å². The molecule has 1 aliphatic rings. The Hall–Kier alpha value is -2.51. The molecule has 3 heterocycles. The summed E-state index contributed by atoms with van der Waals surface area (Å²) in [5.41, 5.74) is 4.19. The van der Waals surface area contributed by atoms with Gasteiger partial charge in [0.2, 0.25) is 0 Å². The SMILES string of the molecule is CCNc1nc(C)c(-c2ccnc(-c3cccc(N4CCNCC4)c3)n2)s1. The van der Waals surface area contributed by atoms with Crippen LogP contribution in [0.3, 0.4) is 0 Å². The smallest absolute Gasteiger partial charge is 0.183 e. The molecule has 7 heteroatoms. The van der Waals surface area contributed by atoms with Gasteiger partial charge in [-0.15, -0.1) is 0 Å². The van der Waals surface area contributed by atoms with Crippen molar-refractivity contribution in [1.29, 1.82) is 0 Å². The summed E-state index contributed by atoms with van der Waals surface area (Å²) in [5.74, 6) is 0.752. The van der Waals surface area contributed by atoms with Crippen molar-refractivity contribution in [2.75, 3.05) is 42.9 Å². The lowest BCUT2D eigenvalue weighted by Crippen LogP contribution is -2.43. The molecule has 2 aromatic heterocycles. The molecule has 1 aliphatic heterocycles. The average molecular weight is 381 g/mol. The lowest BCUT2D eigenvalue weighted by molar-refractivity contribution is 0.589. The van der Waals surface area contributed by atoms with E-state index in [1.807, 2.05) is 19.2 Å². The molecular formula is C20H24N6S. The Balaban J connectivity index is 1.65. The summed E-state index contributed by atoms with van der Waals surface area (Å²) in [6.45, 7) is 9.06. The molecule has 1 fully saturated rings. The summed E-state index contributed by atoms with van der Waals surface area (Å²) in [5, 5.41) is 7.61. The first-order valence-electron chi connectivity index (χ1n) is 9.35. The van der Waals surface area contributed by atoms with Gasteiger partial charge < -0.3 is 15.5 Å². The Morgan fingerprint density at radius 2 is 2.04 bits per heavy atom. The molecular weight excluding hydrogens is 356 g/mol. The maximum Gasteiger partial charge on any atom is 0.183 e. The summed E-state index contributed by atoms with van der Waals surface area (Å²) in [7, 11) is 0. The second-order valence-corrected chi connectivity index (χ2v) is 7.52. The van der Waals surface area contributed by atoms with Crippen LogP contribution in [0.25, 0.3) is 22.0 Å². The first-order chi connectivity index (χ1) is 13.2. The molecule has 0 amide bonds. The standard InChI is InChI=1S/C20H24N6S/c1-3-22-20-24-14(2)18(27-20)17-7-8-23-19(25-17)15-5-4-6-16(13-15)26-11-9-21-10-12-26/h4-8,13,21H,3,9-12H2,1-2H3,(H,22,24). The second-order valence-electron chi connectivity index (χ2n) is 6.52. The van der Waals surface area contributed by atoms with Gasteiger partial charge >= 0.3 is 0 Å². The van der Waals surface area contributed by atoms with E-state index >= 15 is 0 Å². The van der Waals surface area contributed by atoms with Crippen molar-refractivity contribution < 1.29 is 0 Å². The van der Waals surface area contributed by atoms with E-state index in [-0.39, 0.29) is 0 Å². The zero-order valence-electron chi connectivity index (χ0n) is 15.7. The van der Waals surface area contributed by atoms with Crippen LogP contribution in [0, 0.1) is 6.92 Å². The van der Waals surface area contributed by atoms with Crippen molar-refractivity contribution in [2.45, 2.75) is 13.8 Å². The summed E-state index contributed by atoms with van der Waals surface area (Å²) in [6.07, 6.45) is 1.83. The Morgan fingerprint density at radius 3 is 2.85 bits per heavy atom. The van der Waals surface area contributed by atoms with Crippen LogP contribution < -0.4 is 15.5 Å². The molecule has 0 spiro atoms. The topological polar surface area (TPSA) is 66.0 Å². The Bertz CT molecular complexity index is 916. The fourth-order valence-corrected chi connectivity index (χ4v) is 4.25. The normalized spacial score (nSPS) is 14.4. The number of benzene rings is 1. The number of aromatic nitrogens is 3. The van der Waals surface area contributed by atoms with Crippen LogP contribution in [-0.4, -0.2) is 47.7 Å². The molecule has 140 valence electrons. The van der Waals surface area contributed by atoms with Crippen molar-refractivity contribution in [1.82, 2.24) is 20.3 Å². The molecule has 1 aromatic carbocycles. The van der Waals surface area contributed by atoms with Crippen molar-refractivity contribution in [3.63, 3.8) is 0 Å². The van der Waals surface area contributed by atoms with E-state index in [4.69, 9.17) is 4.98 Å². The van der Waals surface area contributed by atoms with E-state index in [1.54, 1.807) is 11.3 Å². The average Bonchev–Trinajstić information content (AvgIpc) is 3.09. The molecule has 0 radical (unpaired) electrons. The van der Waals surface area contributed by atoms with E-state index in [0.29, 0.717) is 0 Å². The van der Waals surface area contributed by atoms with E-state index in [9.17, 15) is 0 Å². The van der Waals surface area contributed by atoms with E-state index in [1.165, 1.54) is 5.69 Å². The highest BCUT2D eigenvalue weighted by Crippen LogP contribution is 2.32. The van der Waals surface area contributed by atoms with Crippen molar-refractivity contribution >= 4 is 22.2 Å². The molecule has 0 saturated carbocycles. The number of hydrogen-bond acceptors (Lipinski definition) is 7. The van der Waals surface area contributed by atoms with Gasteiger partial charge in [-0.1, -0.05) is 23.5 Å². The van der Waals surface area contributed by atoms with Gasteiger partial charge in [-0.2, -0.15) is 0 Å². The van der Waals surface area contributed by atoms with Crippen LogP contribution in [0.4, 0.5) is 10.8 Å². The Morgan fingerprint density at radius 1 is 1.19 bits per heavy atom. The van der Waals surface area contributed by atoms with Crippen molar-refractivity contribution in [3.05, 3.63) is 42.2 Å². The number of nitrogens with one attached hydrogen (secondary N) is 2. The van der Waals surface area contributed by atoms with E-state index in [0.717, 1.165) is 65.5 Å². The zero-order valence-corrected chi connectivity index (χ0v) is 16.5. The van der Waals surface area contributed by atoms with Gasteiger partial charge in [-0.3, -0.25) is 0 Å². The summed E-state index contributed by atoms with van der Waals surface area (Å²) in [4.78, 5) is 17.4. The largest absolute Gasteiger partial charge is 0.369 e. The number of nitrogens with zero attached hydrogens (tertiary/aromatic N) is 4. The molecule has 4 rings (SSSR count). The molecule has 27 heavy (non-hydrogen) atoms. The Kier molecular flexibility index (Phi) is 5.31. The Labute approximate surface area is 163 Å². The van der Waals surface area contributed by atoms with Gasteiger partial charge in [-0.25, -0.2) is 15.0 Å². The highest BCUT2D eigenvalue weighted by atomic mass is 32.1. The summed E-state index contributed by atoms with van der Waals surface area (Å²) < 4.78 is 0. The van der Waals surface area contributed by atoms with E-state index < -0.39 is 0 Å². The fourth-order valence-electron chi connectivity index (χ4n) is 3.25. The first-order valence-corrected chi connectivity index (χ1v) is 10.2. The molecule has 3 aromatic rings. The predicted molar refractivity (Wildman–Crippen MR) is 113 cm³/mol. The van der Waals surface area contributed by atoms with Gasteiger partial charge in [0.25, 0.3) is 0 Å². The summed E-state index contributed by atoms with van der Waals surface area (Å²) >= 11 is 1.64. The number of piperazine rings is 1. The molecule has 1 saturated heterocycles. The number of aryl methyl sites for hydroxylation is 1. The van der Waals surface area contributed by atoms with Crippen LogP contribution in [0.2, 0.25) is 0 Å². The quantitative estimate of drug-likeness (QED) is 0.707. The van der Waals surface area contributed by atoms with Gasteiger partial charge in [-0.05, 0) is 32.0 Å². The number of thiazole rings is 1. The molecule has 0 unspecified atom stereocenters. The third kappa shape index (κ3) is 3.94. The highest BCUT2D eigenvalue weighted by Gasteiger charge is 2.14. The third-order valence-electron chi connectivity index (χ3n) is 4.60. The van der Waals surface area contributed by atoms with Gasteiger partial charge in [0.15, 0.2) is 11.0 Å². The minimum absolute atomic E-state index is 0.752. The second kappa shape index (κ2) is 8.02. The van der Waals surface area contributed by atoms with E-state index in [2.05, 4.69) is 56.7 Å². The van der Waals surface area contributed by atoms with Crippen molar-refractivity contribution in [3.8, 4) is 22.0 Å². The van der Waals surface area contributed by atoms with Gasteiger partial charge in [0.1, 0.15) is 0 Å². The molecule has 2 N–H and O–H groups in total. The molecule has 0 bridgehead atoms. The molecule has 0 aliphatic carbocycles. The minimum Gasteiger partial charge on any atom is -0.369 e. The number of hydrogen-bond donors (Lipinski definition) is 2. The maximum atomic E-state index is 4.83. The number of anilines is 2. The lowest BCUT2D eigenvalue weighted by atomic mass is 10.1. The van der Waals surface area contributed by atoms with Crippen molar-refractivity contribution in [2.24, 2.45) is 0 Å². The van der Waals surface area contributed by atoms with Crippen LogP contribution >= 0.6 is 11.3 Å². The van der Waals surface area contributed by atoms with Crippen LogP contribution in [0.5, 0.6) is 0 Å². The van der Waals surface area contributed by atoms with Gasteiger partial charge in [0.05, 0.1) is 16.3 Å². The highest BCUT2D eigenvalue weighted by molar-refractivity contribution is 7.19. The molecule has 6 nitrogen and oxygen atoms in total. The van der Waals surface area contributed by atoms with Gasteiger partial charge in [0, 0.05) is 50.2 Å². The maximum absolute atomic E-state index is 4.83. The minimum atomic E-state index is 0.752. The van der Waals surface area contributed by atoms with Crippen LogP contribution in [0.1, 0.15) is 12.6 Å².